The lowest BCUT2D eigenvalue weighted by atomic mass is 10.1. The smallest absolute Gasteiger partial charge is 0.334 e. The molecule has 2 aromatic rings. The van der Waals surface area contributed by atoms with E-state index in [4.69, 9.17) is 10.5 Å². The molecule has 2 unspecified atom stereocenters. The second kappa shape index (κ2) is 8.29. The van der Waals surface area contributed by atoms with Crippen LogP contribution in [0.1, 0.15) is 29.1 Å². The summed E-state index contributed by atoms with van der Waals surface area (Å²) in [4.78, 5) is 36.4. The summed E-state index contributed by atoms with van der Waals surface area (Å²) in [6.07, 6.45) is 1.44. The molecule has 0 saturated heterocycles. The SMILES string of the molecule is COC(=O)C(NC(=O)CC(NC(N)=O)c1cccs1)c1ccnn1C. The molecule has 10 heteroatoms. The lowest BCUT2D eigenvalue weighted by molar-refractivity contribution is -0.145. The maximum Gasteiger partial charge on any atom is 0.334 e. The number of rotatable bonds is 7. The van der Waals surface area contributed by atoms with Crippen LogP contribution in [0.15, 0.2) is 29.8 Å². The van der Waals surface area contributed by atoms with Crippen LogP contribution in [0.4, 0.5) is 4.79 Å². The molecule has 0 aromatic carbocycles. The fourth-order valence-corrected chi connectivity index (χ4v) is 3.11. The maximum atomic E-state index is 12.4. The van der Waals surface area contributed by atoms with Gasteiger partial charge in [0.2, 0.25) is 5.91 Å². The van der Waals surface area contributed by atoms with E-state index in [0.717, 1.165) is 4.88 Å². The van der Waals surface area contributed by atoms with Crippen LogP contribution in [0.5, 0.6) is 0 Å². The van der Waals surface area contributed by atoms with E-state index in [9.17, 15) is 14.4 Å². The molecule has 2 aromatic heterocycles. The highest BCUT2D eigenvalue weighted by molar-refractivity contribution is 7.10. The van der Waals surface area contributed by atoms with Crippen molar-refractivity contribution in [1.82, 2.24) is 20.4 Å². The molecule has 2 atom stereocenters. The van der Waals surface area contributed by atoms with Crippen molar-refractivity contribution in [3.8, 4) is 0 Å². The molecule has 0 bridgehead atoms. The van der Waals surface area contributed by atoms with Crippen LogP contribution in [0.3, 0.4) is 0 Å². The van der Waals surface area contributed by atoms with Crippen LogP contribution < -0.4 is 16.4 Å². The Morgan fingerprint density at radius 3 is 2.64 bits per heavy atom. The summed E-state index contributed by atoms with van der Waals surface area (Å²) in [6, 6.07) is 2.89. The second-order valence-electron chi connectivity index (χ2n) is 5.18. The number of carbonyl (C=O) groups excluding carboxylic acids is 3. The number of hydrogen-bond donors (Lipinski definition) is 3. The summed E-state index contributed by atoms with van der Waals surface area (Å²) < 4.78 is 6.22. The Morgan fingerprint density at radius 1 is 1.36 bits per heavy atom. The topological polar surface area (TPSA) is 128 Å². The number of methoxy groups -OCH3 is 1. The first-order valence-corrected chi connectivity index (χ1v) is 8.24. The lowest BCUT2D eigenvalue weighted by Gasteiger charge is -2.20. The van der Waals surface area contributed by atoms with Gasteiger partial charge in [0.05, 0.1) is 25.3 Å². The van der Waals surface area contributed by atoms with E-state index in [0.29, 0.717) is 5.69 Å². The van der Waals surface area contributed by atoms with Crippen LogP contribution >= 0.6 is 11.3 Å². The summed E-state index contributed by atoms with van der Waals surface area (Å²) in [6.45, 7) is 0. The minimum absolute atomic E-state index is 0.0746. The first kappa shape index (κ1) is 18.5. The zero-order valence-corrected chi connectivity index (χ0v) is 14.6. The third-order valence-electron chi connectivity index (χ3n) is 3.49. The first-order chi connectivity index (χ1) is 11.9. The van der Waals surface area contributed by atoms with Gasteiger partial charge in [0, 0.05) is 18.1 Å². The normalized spacial score (nSPS) is 12.9. The van der Waals surface area contributed by atoms with Crippen LogP contribution in [0, 0.1) is 0 Å². The van der Waals surface area contributed by atoms with Gasteiger partial charge in [-0.3, -0.25) is 9.48 Å². The number of amides is 3. The second-order valence-corrected chi connectivity index (χ2v) is 6.16. The lowest BCUT2D eigenvalue weighted by Crippen LogP contribution is -2.39. The van der Waals surface area contributed by atoms with Crippen LogP contribution in [0.2, 0.25) is 0 Å². The molecule has 9 nitrogen and oxygen atoms in total. The number of nitrogens with one attached hydrogen (secondary N) is 2. The number of ether oxygens (including phenoxy) is 1. The zero-order valence-electron chi connectivity index (χ0n) is 13.8. The van der Waals surface area contributed by atoms with E-state index in [1.807, 2.05) is 5.38 Å². The van der Waals surface area contributed by atoms with Crippen molar-refractivity contribution in [3.05, 3.63) is 40.3 Å². The van der Waals surface area contributed by atoms with Gasteiger partial charge in [-0.05, 0) is 17.5 Å². The Morgan fingerprint density at radius 2 is 2.12 bits per heavy atom. The minimum Gasteiger partial charge on any atom is -0.467 e. The van der Waals surface area contributed by atoms with Crippen molar-refractivity contribution >= 4 is 29.2 Å². The van der Waals surface area contributed by atoms with Crippen LogP contribution in [0.25, 0.3) is 0 Å². The number of carbonyl (C=O) groups is 3. The highest BCUT2D eigenvalue weighted by Crippen LogP contribution is 2.22. The molecule has 4 N–H and O–H groups in total. The Hall–Kier alpha value is -2.88. The third kappa shape index (κ3) is 4.80. The van der Waals surface area contributed by atoms with Crippen molar-refractivity contribution in [3.63, 3.8) is 0 Å². The van der Waals surface area contributed by atoms with Gasteiger partial charge in [0.25, 0.3) is 0 Å². The van der Waals surface area contributed by atoms with Crippen molar-refractivity contribution in [2.75, 3.05) is 7.11 Å². The number of urea groups is 1. The molecule has 0 saturated carbocycles. The highest BCUT2D eigenvalue weighted by Gasteiger charge is 2.28. The van der Waals surface area contributed by atoms with Gasteiger partial charge in [-0.1, -0.05) is 6.07 Å². The van der Waals surface area contributed by atoms with E-state index in [1.54, 1.807) is 25.2 Å². The Bertz CT molecular complexity index is 743. The third-order valence-corrected chi connectivity index (χ3v) is 4.48. The summed E-state index contributed by atoms with van der Waals surface area (Å²) in [7, 11) is 2.89. The largest absolute Gasteiger partial charge is 0.467 e. The molecular formula is C15H19N5O4S. The van der Waals surface area contributed by atoms with E-state index < -0.39 is 30.0 Å². The molecule has 134 valence electrons. The zero-order chi connectivity index (χ0) is 18.4. The number of primary amides is 1. The van der Waals surface area contributed by atoms with Gasteiger partial charge >= 0.3 is 12.0 Å². The minimum atomic E-state index is -0.998. The standard InChI is InChI=1S/C15H19N5O4S/c1-20-10(5-6-17-20)13(14(22)24-2)19-12(21)8-9(18-15(16)23)11-4-3-7-25-11/h3-7,9,13H,8H2,1-2H3,(H,19,21)(H3,16,18,23). The Balaban J connectivity index is 2.13. The van der Waals surface area contributed by atoms with Crippen molar-refractivity contribution in [2.45, 2.75) is 18.5 Å². The van der Waals surface area contributed by atoms with Crippen LogP contribution in [-0.2, 0) is 21.4 Å². The first-order valence-electron chi connectivity index (χ1n) is 7.36. The molecule has 2 rings (SSSR count). The number of aryl methyl sites for hydroxylation is 1. The van der Waals surface area contributed by atoms with E-state index >= 15 is 0 Å². The van der Waals surface area contributed by atoms with Crippen molar-refractivity contribution in [1.29, 1.82) is 0 Å². The molecule has 25 heavy (non-hydrogen) atoms. The Kier molecular flexibility index (Phi) is 6.12. The highest BCUT2D eigenvalue weighted by atomic mass is 32.1. The summed E-state index contributed by atoms with van der Waals surface area (Å²) in [5.74, 6) is -1.06. The molecule has 0 aliphatic rings. The van der Waals surface area contributed by atoms with Gasteiger partial charge in [-0.25, -0.2) is 9.59 Å². The van der Waals surface area contributed by atoms with Gasteiger partial charge in [-0.2, -0.15) is 5.10 Å². The molecule has 0 radical (unpaired) electrons. The number of aromatic nitrogens is 2. The number of hydrogen-bond acceptors (Lipinski definition) is 6. The monoisotopic (exact) mass is 365 g/mol. The maximum absolute atomic E-state index is 12.4. The molecule has 2 heterocycles. The average molecular weight is 365 g/mol. The van der Waals surface area contributed by atoms with Crippen molar-refractivity contribution in [2.24, 2.45) is 12.8 Å². The fraction of sp³-hybridized carbons (Fsp3) is 0.333. The van der Waals surface area contributed by atoms with Gasteiger partial charge in [0.15, 0.2) is 6.04 Å². The summed E-state index contributed by atoms with van der Waals surface area (Å²) in [5.41, 5.74) is 5.66. The molecular weight excluding hydrogens is 346 g/mol. The quantitative estimate of drug-likeness (QED) is 0.619. The number of nitrogens with zero attached hydrogens (tertiary/aromatic N) is 2. The summed E-state index contributed by atoms with van der Waals surface area (Å²) in [5, 5.41) is 11.0. The van der Waals surface area contributed by atoms with E-state index in [2.05, 4.69) is 15.7 Å². The molecule has 0 fully saturated rings. The molecule has 0 aliphatic heterocycles. The molecule has 3 amide bonds. The van der Waals surface area contributed by atoms with Gasteiger partial charge in [0.1, 0.15) is 0 Å². The van der Waals surface area contributed by atoms with Gasteiger partial charge in [-0.15, -0.1) is 11.3 Å². The van der Waals surface area contributed by atoms with Crippen molar-refractivity contribution < 1.29 is 19.1 Å². The number of nitrogens with two attached hydrogens (primary N) is 1. The predicted molar refractivity (Wildman–Crippen MR) is 90.5 cm³/mol. The Labute approximate surface area is 148 Å². The average Bonchev–Trinajstić information content (AvgIpc) is 3.22. The fourth-order valence-electron chi connectivity index (χ4n) is 2.33. The molecule has 0 aliphatic carbocycles. The predicted octanol–water partition coefficient (Wildman–Crippen LogP) is 0.612. The number of thiophene rings is 1. The van der Waals surface area contributed by atoms with E-state index in [-0.39, 0.29) is 6.42 Å². The van der Waals surface area contributed by atoms with Crippen LogP contribution in [-0.4, -0.2) is 34.8 Å². The molecule has 0 spiro atoms. The number of esters is 1. The van der Waals surface area contributed by atoms with Gasteiger partial charge < -0.3 is 21.1 Å². The summed E-state index contributed by atoms with van der Waals surface area (Å²) >= 11 is 1.39. The van der Waals surface area contributed by atoms with E-state index in [1.165, 1.54) is 29.3 Å².